The van der Waals surface area contributed by atoms with Crippen molar-refractivity contribution in [2.75, 3.05) is 25.0 Å². The lowest BCUT2D eigenvalue weighted by atomic mass is 10.1. The van der Waals surface area contributed by atoms with Crippen molar-refractivity contribution < 1.29 is 4.79 Å². The molecule has 3 rings (SSSR count). The Morgan fingerprint density at radius 3 is 2.73 bits per heavy atom. The summed E-state index contributed by atoms with van der Waals surface area (Å²) < 4.78 is 0. The summed E-state index contributed by atoms with van der Waals surface area (Å²) >= 11 is 0. The number of hydrogen-bond donors (Lipinski definition) is 0. The third kappa shape index (κ3) is 3.08. The number of benzene rings is 1. The van der Waals surface area contributed by atoms with Gasteiger partial charge in [-0.3, -0.25) is 9.78 Å². The molecule has 22 heavy (non-hydrogen) atoms. The Bertz CT molecular complexity index is 638. The highest BCUT2D eigenvalue weighted by Crippen LogP contribution is 2.25. The largest absolute Gasteiger partial charge is 0.371 e. The summed E-state index contributed by atoms with van der Waals surface area (Å²) in [6.45, 7) is 2.76. The van der Waals surface area contributed by atoms with Gasteiger partial charge in [0.05, 0.1) is 6.20 Å². The molecule has 1 aromatic carbocycles. The predicted molar refractivity (Wildman–Crippen MR) is 85.7 cm³/mol. The highest BCUT2D eigenvalue weighted by atomic mass is 16.2. The van der Waals surface area contributed by atoms with E-state index in [1.54, 1.807) is 24.3 Å². The Kier molecular flexibility index (Phi) is 4.32. The standard InChI is InChI=1S/C17H20N4O/c1-20(17(22)15-12-18-8-9-19-15)13-14-6-2-3-7-16(14)21-10-4-5-11-21/h2-3,6-9,12H,4-5,10-11,13H2,1H3. The van der Waals surface area contributed by atoms with Crippen LogP contribution >= 0.6 is 0 Å². The smallest absolute Gasteiger partial charge is 0.274 e. The van der Waals surface area contributed by atoms with Crippen LogP contribution in [0.5, 0.6) is 0 Å². The lowest BCUT2D eigenvalue weighted by Gasteiger charge is -2.24. The van der Waals surface area contributed by atoms with Gasteiger partial charge in [0.2, 0.25) is 0 Å². The molecule has 1 aliphatic rings. The van der Waals surface area contributed by atoms with E-state index in [2.05, 4.69) is 33.1 Å². The lowest BCUT2D eigenvalue weighted by Crippen LogP contribution is -2.28. The summed E-state index contributed by atoms with van der Waals surface area (Å²) in [5.41, 5.74) is 2.78. The van der Waals surface area contributed by atoms with Crippen molar-refractivity contribution in [1.29, 1.82) is 0 Å². The van der Waals surface area contributed by atoms with E-state index >= 15 is 0 Å². The fourth-order valence-electron chi connectivity index (χ4n) is 2.84. The number of carbonyl (C=O) groups excluding carboxylic acids is 1. The van der Waals surface area contributed by atoms with Gasteiger partial charge in [-0.2, -0.15) is 0 Å². The molecule has 5 nitrogen and oxygen atoms in total. The SMILES string of the molecule is CN(Cc1ccccc1N1CCCC1)C(=O)c1cnccn1. The van der Waals surface area contributed by atoms with E-state index in [0.29, 0.717) is 12.2 Å². The van der Waals surface area contributed by atoms with Gasteiger partial charge >= 0.3 is 0 Å². The van der Waals surface area contributed by atoms with E-state index in [-0.39, 0.29) is 5.91 Å². The molecular weight excluding hydrogens is 276 g/mol. The van der Waals surface area contributed by atoms with Gasteiger partial charge in [0.15, 0.2) is 0 Å². The average molecular weight is 296 g/mol. The van der Waals surface area contributed by atoms with Gasteiger partial charge in [0.1, 0.15) is 5.69 Å². The monoisotopic (exact) mass is 296 g/mol. The first-order chi connectivity index (χ1) is 10.8. The molecule has 1 amide bonds. The van der Waals surface area contributed by atoms with E-state index in [4.69, 9.17) is 0 Å². The number of anilines is 1. The van der Waals surface area contributed by atoms with E-state index in [9.17, 15) is 4.79 Å². The first kappa shape index (κ1) is 14.5. The molecule has 2 aromatic rings. The molecular formula is C17H20N4O. The van der Waals surface area contributed by atoms with Gasteiger partial charge in [-0.1, -0.05) is 18.2 Å². The number of rotatable bonds is 4. The van der Waals surface area contributed by atoms with Crippen molar-refractivity contribution in [3.05, 3.63) is 54.1 Å². The van der Waals surface area contributed by atoms with Gasteiger partial charge in [0, 0.05) is 44.8 Å². The fourth-order valence-corrected chi connectivity index (χ4v) is 2.84. The van der Waals surface area contributed by atoms with Gasteiger partial charge in [-0.15, -0.1) is 0 Å². The molecule has 1 fully saturated rings. The van der Waals surface area contributed by atoms with Crippen LogP contribution in [0.4, 0.5) is 5.69 Å². The third-order valence-corrected chi connectivity index (χ3v) is 3.97. The fraction of sp³-hybridized carbons (Fsp3) is 0.353. The minimum atomic E-state index is -0.107. The molecule has 114 valence electrons. The molecule has 1 saturated heterocycles. The molecule has 0 N–H and O–H groups in total. The summed E-state index contributed by atoms with van der Waals surface area (Å²) in [6.07, 6.45) is 7.09. The second kappa shape index (κ2) is 6.56. The van der Waals surface area contributed by atoms with Crippen LogP contribution in [0.25, 0.3) is 0 Å². The Labute approximate surface area is 130 Å². The van der Waals surface area contributed by atoms with Crippen molar-refractivity contribution in [3.8, 4) is 0 Å². The van der Waals surface area contributed by atoms with E-state index < -0.39 is 0 Å². The second-order valence-electron chi connectivity index (χ2n) is 5.57. The molecule has 0 atom stereocenters. The summed E-state index contributed by atoms with van der Waals surface area (Å²) in [5.74, 6) is -0.107. The van der Waals surface area contributed by atoms with Crippen LogP contribution < -0.4 is 4.90 Å². The van der Waals surface area contributed by atoms with Gasteiger partial charge in [-0.25, -0.2) is 4.98 Å². The third-order valence-electron chi connectivity index (χ3n) is 3.97. The maximum Gasteiger partial charge on any atom is 0.274 e. The molecule has 1 aliphatic heterocycles. The number of hydrogen-bond acceptors (Lipinski definition) is 4. The first-order valence-corrected chi connectivity index (χ1v) is 7.60. The normalized spacial score (nSPS) is 14.1. The van der Waals surface area contributed by atoms with Crippen LogP contribution in [0.1, 0.15) is 28.9 Å². The topological polar surface area (TPSA) is 49.3 Å². The summed E-state index contributed by atoms with van der Waals surface area (Å²) in [4.78, 5) is 24.5. The zero-order chi connectivity index (χ0) is 15.4. The van der Waals surface area contributed by atoms with Crippen molar-refractivity contribution in [2.45, 2.75) is 19.4 Å². The van der Waals surface area contributed by atoms with E-state index in [1.165, 1.54) is 30.3 Å². The Balaban J connectivity index is 1.77. The Morgan fingerprint density at radius 1 is 1.23 bits per heavy atom. The summed E-state index contributed by atoms with van der Waals surface area (Å²) in [5, 5.41) is 0. The molecule has 1 aromatic heterocycles. The molecule has 0 bridgehead atoms. The maximum absolute atomic E-state index is 12.4. The zero-order valence-corrected chi connectivity index (χ0v) is 12.8. The first-order valence-electron chi connectivity index (χ1n) is 7.60. The molecule has 0 unspecified atom stereocenters. The van der Waals surface area contributed by atoms with Gasteiger partial charge in [0.25, 0.3) is 5.91 Å². The van der Waals surface area contributed by atoms with Crippen LogP contribution in [0.3, 0.4) is 0 Å². The molecule has 0 spiro atoms. The quantitative estimate of drug-likeness (QED) is 0.869. The highest BCUT2D eigenvalue weighted by Gasteiger charge is 2.18. The minimum absolute atomic E-state index is 0.107. The number of nitrogens with zero attached hydrogens (tertiary/aromatic N) is 4. The molecule has 0 aliphatic carbocycles. The van der Waals surface area contributed by atoms with Gasteiger partial charge < -0.3 is 9.80 Å². The molecule has 2 heterocycles. The van der Waals surface area contributed by atoms with Crippen LogP contribution in [0.15, 0.2) is 42.9 Å². The van der Waals surface area contributed by atoms with Crippen molar-refractivity contribution in [1.82, 2.24) is 14.9 Å². The van der Waals surface area contributed by atoms with Crippen LogP contribution in [0.2, 0.25) is 0 Å². The van der Waals surface area contributed by atoms with E-state index in [1.807, 2.05) is 6.07 Å². The Morgan fingerprint density at radius 2 is 2.00 bits per heavy atom. The van der Waals surface area contributed by atoms with Gasteiger partial charge in [-0.05, 0) is 24.5 Å². The summed E-state index contributed by atoms with van der Waals surface area (Å²) in [6, 6.07) is 8.31. The minimum Gasteiger partial charge on any atom is -0.371 e. The predicted octanol–water partition coefficient (Wildman–Crippen LogP) is 2.35. The van der Waals surface area contributed by atoms with Crippen molar-refractivity contribution in [2.24, 2.45) is 0 Å². The molecule has 0 radical (unpaired) electrons. The summed E-state index contributed by atoms with van der Waals surface area (Å²) in [7, 11) is 1.80. The average Bonchev–Trinajstić information content (AvgIpc) is 3.10. The van der Waals surface area contributed by atoms with Crippen LogP contribution in [-0.4, -0.2) is 40.9 Å². The van der Waals surface area contributed by atoms with E-state index in [0.717, 1.165) is 13.1 Å². The highest BCUT2D eigenvalue weighted by molar-refractivity contribution is 5.91. The van der Waals surface area contributed by atoms with Crippen LogP contribution in [0, 0.1) is 0 Å². The number of amides is 1. The van der Waals surface area contributed by atoms with Crippen LogP contribution in [-0.2, 0) is 6.54 Å². The number of aromatic nitrogens is 2. The lowest BCUT2D eigenvalue weighted by molar-refractivity contribution is 0.0779. The maximum atomic E-state index is 12.4. The van der Waals surface area contributed by atoms with Crippen molar-refractivity contribution >= 4 is 11.6 Å². The second-order valence-corrected chi connectivity index (χ2v) is 5.57. The Hall–Kier alpha value is -2.43. The molecule has 0 saturated carbocycles. The van der Waals surface area contributed by atoms with Crippen molar-refractivity contribution in [3.63, 3.8) is 0 Å². The number of carbonyl (C=O) groups is 1. The zero-order valence-electron chi connectivity index (χ0n) is 12.8. The molecule has 5 heteroatoms. The number of para-hydroxylation sites is 1.